The molecule has 8 nitrogen and oxygen atoms in total. The van der Waals surface area contributed by atoms with Crippen LogP contribution in [0.1, 0.15) is 32.1 Å². The number of carbonyl (C=O) groups excluding carboxylic acids is 1. The Morgan fingerprint density at radius 2 is 1.69 bits per heavy atom. The van der Waals surface area contributed by atoms with Crippen LogP contribution in [0.25, 0.3) is 0 Å². The van der Waals surface area contributed by atoms with Crippen LogP contribution >= 0.6 is 0 Å². The summed E-state index contributed by atoms with van der Waals surface area (Å²) >= 11 is 0. The van der Waals surface area contributed by atoms with Crippen molar-refractivity contribution in [1.29, 1.82) is 0 Å². The van der Waals surface area contributed by atoms with Crippen molar-refractivity contribution in [3.8, 4) is 0 Å². The van der Waals surface area contributed by atoms with Gasteiger partial charge in [-0.15, -0.1) is 0 Å². The molecule has 4 atom stereocenters. The average molecular weight is 413 g/mol. The second kappa shape index (κ2) is 10.5. The van der Waals surface area contributed by atoms with Gasteiger partial charge in [0.05, 0.1) is 51.2 Å². The molecule has 4 aliphatic rings. The molecule has 0 saturated carbocycles. The third kappa shape index (κ3) is 5.89. The fraction of sp³-hybridized carbons (Fsp3) is 0.952. The van der Waals surface area contributed by atoms with E-state index in [2.05, 4.69) is 4.90 Å². The zero-order chi connectivity index (χ0) is 20.1. The van der Waals surface area contributed by atoms with E-state index in [0.717, 1.165) is 45.4 Å². The SMILES string of the molecule is O=C(C[C@@H]1CC[C@@H]2[C@H](COC[C@@H](O)CN2CC2CCOCC2)O1)N1CCOCC1. The largest absolute Gasteiger partial charge is 0.389 e. The van der Waals surface area contributed by atoms with E-state index in [4.69, 9.17) is 18.9 Å². The minimum absolute atomic E-state index is 0.0430. The van der Waals surface area contributed by atoms with Crippen LogP contribution in [-0.2, 0) is 23.7 Å². The van der Waals surface area contributed by atoms with Crippen LogP contribution in [0.2, 0.25) is 0 Å². The smallest absolute Gasteiger partial charge is 0.225 e. The molecule has 0 spiro atoms. The molecule has 1 amide bonds. The van der Waals surface area contributed by atoms with Gasteiger partial charge in [0, 0.05) is 45.4 Å². The van der Waals surface area contributed by atoms with Crippen molar-refractivity contribution < 1.29 is 28.8 Å². The van der Waals surface area contributed by atoms with Gasteiger partial charge in [-0.2, -0.15) is 0 Å². The van der Waals surface area contributed by atoms with E-state index in [1.54, 1.807) is 0 Å². The Morgan fingerprint density at radius 3 is 2.48 bits per heavy atom. The first kappa shape index (κ1) is 21.5. The van der Waals surface area contributed by atoms with Gasteiger partial charge < -0.3 is 29.0 Å². The van der Waals surface area contributed by atoms with Crippen LogP contribution < -0.4 is 0 Å². The number of fused-ring (bicyclic) bond motifs is 1. The van der Waals surface area contributed by atoms with Crippen molar-refractivity contribution in [3.05, 3.63) is 0 Å². The molecule has 8 heteroatoms. The number of hydrogen-bond acceptors (Lipinski definition) is 7. The van der Waals surface area contributed by atoms with Crippen molar-refractivity contribution >= 4 is 5.91 Å². The molecular formula is C21H36N2O6. The summed E-state index contributed by atoms with van der Waals surface area (Å²) in [4.78, 5) is 16.9. The number of amides is 1. The lowest BCUT2D eigenvalue weighted by Gasteiger charge is -2.46. The lowest BCUT2D eigenvalue weighted by Crippen LogP contribution is -2.57. The number of carbonyl (C=O) groups is 1. The van der Waals surface area contributed by atoms with Gasteiger partial charge in [0.1, 0.15) is 0 Å². The molecule has 0 aliphatic carbocycles. The maximum Gasteiger partial charge on any atom is 0.225 e. The molecule has 29 heavy (non-hydrogen) atoms. The molecular weight excluding hydrogens is 376 g/mol. The lowest BCUT2D eigenvalue weighted by molar-refractivity contribution is -0.163. The van der Waals surface area contributed by atoms with Crippen LogP contribution in [-0.4, -0.2) is 111 Å². The van der Waals surface area contributed by atoms with Gasteiger partial charge >= 0.3 is 0 Å². The number of β-amino-alcohol motifs (C(OH)–C–C–N with tert-alkyl or cyclic N) is 1. The molecule has 0 aromatic heterocycles. The molecule has 4 saturated heterocycles. The quantitative estimate of drug-likeness (QED) is 0.710. The van der Waals surface area contributed by atoms with E-state index in [9.17, 15) is 9.90 Å². The normalized spacial score (nSPS) is 35.6. The predicted molar refractivity (Wildman–Crippen MR) is 106 cm³/mol. The summed E-state index contributed by atoms with van der Waals surface area (Å²) in [6.07, 6.45) is 3.89. The number of ether oxygens (including phenoxy) is 4. The zero-order valence-electron chi connectivity index (χ0n) is 17.4. The van der Waals surface area contributed by atoms with Crippen molar-refractivity contribution in [2.24, 2.45) is 5.92 Å². The molecule has 4 aliphatic heterocycles. The lowest BCUT2D eigenvalue weighted by atomic mass is 9.92. The summed E-state index contributed by atoms with van der Waals surface area (Å²) < 4.78 is 23.0. The van der Waals surface area contributed by atoms with Gasteiger partial charge in [-0.3, -0.25) is 9.69 Å². The van der Waals surface area contributed by atoms with Gasteiger partial charge in [0.25, 0.3) is 0 Å². The second-order valence-electron chi connectivity index (χ2n) is 8.84. The fourth-order valence-electron chi connectivity index (χ4n) is 5.05. The first-order valence-corrected chi connectivity index (χ1v) is 11.3. The number of aliphatic hydroxyl groups excluding tert-OH is 1. The Hall–Kier alpha value is -0.770. The Morgan fingerprint density at radius 1 is 0.931 bits per heavy atom. The molecule has 4 rings (SSSR count). The third-order valence-electron chi connectivity index (χ3n) is 6.69. The number of hydrogen-bond donors (Lipinski definition) is 1. The van der Waals surface area contributed by atoms with E-state index in [0.29, 0.717) is 58.4 Å². The molecule has 4 fully saturated rings. The summed E-state index contributed by atoms with van der Waals surface area (Å²) in [6, 6.07) is 0.238. The number of aliphatic hydroxyl groups is 1. The van der Waals surface area contributed by atoms with Gasteiger partial charge in [0.2, 0.25) is 5.91 Å². The first-order valence-electron chi connectivity index (χ1n) is 11.3. The Bertz CT molecular complexity index is 523. The Labute approximate surface area is 173 Å². The minimum atomic E-state index is -0.462. The van der Waals surface area contributed by atoms with E-state index in [-0.39, 0.29) is 24.2 Å². The van der Waals surface area contributed by atoms with Crippen molar-refractivity contribution in [1.82, 2.24) is 9.80 Å². The summed E-state index contributed by atoms with van der Waals surface area (Å²) in [5, 5.41) is 10.3. The van der Waals surface area contributed by atoms with Gasteiger partial charge in [-0.25, -0.2) is 0 Å². The van der Waals surface area contributed by atoms with Crippen molar-refractivity contribution in [2.45, 2.75) is 56.5 Å². The monoisotopic (exact) mass is 412 g/mol. The fourth-order valence-corrected chi connectivity index (χ4v) is 5.05. The maximum atomic E-state index is 12.6. The van der Waals surface area contributed by atoms with Crippen LogP contribution in [0, 0.1) is 5.92 Å². The topological polar surface area (TPSA) is 80.7 Å². The average Bonchev–Trinajstić information content (AvgIpc) is 2.74. The highest BCUT2D eigenvalue weighted by Gasteiger charge is 2.39. The van der Waals surface area contributed by atoms with Crippen molar-refractivity contribution in [3.63, 3.8) is 0 Å². The molecule has 0 unspecified atom stereocenters. The highest BCUT2D eigenvalue weighted by atomic mass is 16.5. The van der Waals surface area contributed by atoms with Crippen LogP contribution in [0.5, 0.6) is 0 Å². The second-order valence-corrected chi connectivity index (χ2v) is 8.84. The number of morpholine rings is 1. The standard InChI is InChI=1S/C21H36N2O6/c24-17-13-23(12-16-3-7-26-8-4-16)19-2-1-18(29-20(19)15-28-14-17)11-21(25)22-5-9-27-10-6-22/h16-20,24H,1-15H2/t17-,18-,19+,20-/m0/s1. The van der Waals surface area contributed by atoms with Crippen LogP contribution in [0.15, 0.2) is 0 Å². The predicted octanol–water partition coefficient (Wildman–Crippen LogP) is 0.271. The Kier molecular flexibility index (Phi) is 7.77. The third-order valence-corrected chi connectivity index (χ3v) is 6.69. The summed E-state index contributed by atoms with van der Waals surface area (Å²) in [5.41, 5.74) is 0. The number of nitrogens with zero attached hydrogens (tertiary/aromatic N) is 2. The Balaban J connectivity index is 1.35. The van der Waals surface area contributed by atoms with E-state index >= 15 is 0 Å². The highest BCUT2D eigenvalue weighted by molar-refractivity contribution is 5.76. The molecule has 0 aromatic rings. The maximum absolute atomic E-state index is 12.6. The van der Waals surface area contributed by atoms with Gasteiger partial charge in [-0.1, -0.05) is 0 Å². The highest BCUT2D eigenvalue weighted by Crippen LogP contribution is 2.29. The molecule has 166 valence electrons. The zero-order valence-corrected chi connectivity index (χ0v) is 17.4. The van der Waals surface area contributed by atoms with Crippen LogP contribution in [0.4, 0.5) is 0 Å². The minimum Gasteiger partial charge on any atom is -0.389 e. The van der Waals surface area contributed by atoms with Gasteiger partial charge in [0.15, 0.2) is 0 Å². The van der Waals surface area contributed by atoms with Crippen molar-refractivity contribution in [2.75, 3.05) is 65.8 Å². The number of rotatable bonds is 4. The molecule has 0 radical (unpaired) electrons. The molecule has 1 N–H and O–H groups in total. The van der Waals surface area contributed by atoms with Gasteiger partial charge in [-0.05, 0) is 31.6 Å². The van der Waals surface area contributed by atoms with Crippen LogP contribution in [0.3, 0.4) is 0 Å². The first-order chi connectivity index (χ1) is 14.2. The van der Waals surface area contributed by atoms with E-state index in [1.165, 1.54) is 0 Å². The van der Waals surface area contributed by atoms with E-state index < -0.39 is 6.10 Å². The summed E-state index contributed by atoms with van der Waals surface area (Å²) in [6.45, 7) is 6.69. The summed E-state index contributed by atoms with van der Waals surface area (Å²) in [5.74, 6) is 0.774. The molecule has 0 aromatic carbocycles. The molecule has 0 bridgehead atoms. The molecule has 4 heterocycles. The summed E-state index contributed by atoms with van der Waals surface area (Å²) in [7, 11) is 0. The van der Waals surface area contributed by atoms with E-state index in [1.807, 2.05) is 4.90 Å².